The molecule has 1 fully saturated rings. The van der Waals surface area contributed by atoms with Crippen molar-refractivity contribution in [1.29, 1.82) is 0 Å². The molecule has 30 heavy (non-hydrogen) atoms. The molecule has 0 saturated heterocycles. The summed E-state index contributed by atoms with van der Waals surface area (Å²) in [5.74, 6) is 0.214. The summed E-state index contributed by atoms with van der Waals surface area (Å²) in [5.41, 5.74) is 1.64. The van der Waals surface area contributed by atoms with Crippen LogP contribution in [0.3, 0.4) is 0 Å². The van der Waals surface area contributed by atoms with E-state index in [0.717, 1.165) is 29.0 Å². The highest BCUT2D eigenvalue weighted by Gasteiger charge is 2.30. The van der Waals surface area contributed by atoms with Gasteiger partial charge in [0.15, 0.2) is 11.5 Å². The van der Waals surface area contributed by atoms with Gasteiger partial charge >= 0.3 is 6.61 Å². The zero-order valence-electron chi connectivity index (χ0n) is 17.1. The highest BCUT2D eigenvalue weighted by molar-refractivity contribution is 7.98. The molecule has 162 valence electrons. The smallest absolute Gasteiger partial charge is 0.387 e. The van der Waals surface area contributed by atoms with Crippen LogP contribution in [0.25, 0.3) is 0 Å². The van der Waals surface area contributed by atoms with E-state index in [0.29, 0.717) is 19.2 Å². The Balaban J connectivity index is 1.64. The number of rotatable bonds is 11. The first-order chi connectivity index (χ1) is 14.5. The largest absolute Gasteiger partial charge is 0.490 e. The van der Waals surface area contributed by atoms with Crippen LogP contribution < -0.4 is 14.8 Å². The highest BCUT2D eigenvalue weighted by Crippen LogP contribution is 2.33. The van der Waals surface area contributed by atoms with Crippen LogP contribution in [0.15, 0.2) is 47.4 Å². The van der Waals surface area contributed by atoms with Crippen LogP contribution in [0, 0.1) is 0 Å². The Morgan fingerprint density at radius 2 is 1.93 bits per heavy atom. The van der Waals surface area contributed by atoms with Crippen LogP contribution in [0.1, 0.15) is 25.3 Å². The number of thioether (sulfide) groups is 1. The lowest BCUT2D eigenvalue weighted by atomic mass is 10.2. The van der Waals surface area contributed by atoms with Crippen LogP contribution >= 0.6 is 11.8 Å². The van der Waals surface area contributed by atoms with Gasteiger partial charge in [-0.1, -0.05) is 6.07 Å². The number of nitrogens with one attached hydrogen (secondary N) is 1. The van der Waals surface area contributed by atoms with E-state index in [2.05, 4.69) is 15.0 Å². The molecule has 1 N–H and O–H groups in total. The highest BCUT2D eigenvalue weighted by atomic mass is 32.2. The van der Waals surface area contributed by atoms with Crippen molar-refractivity contribution in [3.8, 4) is 11.5 Å². The molecule has 0 heterocycles. The predicted octanol–water partition coefficient (Wildman–Crippen LogP) is 5.01. The molecule has 1 aliphatic rings. The molecule has 8 heteroatoms. The first kappa shape index (κ1) is 22.4. The maximum absolute atomic E-state index is 12.6. The molecular weight excluding hydrogens is 410 g/mol. The number of anilines is 1. The van der Waals surface area contributed by atoms with Gasteiger partial charge in [0.2, 0.25) is 5.91 Å². The van der Waals surface area contributed by atoms with Gasteiger partial charge in [0, 0.05) is 23.2 Å². The number of nitrogens with zero attached hydrogens (tertiary/aromatic N) is 1. The fourth-order valence-electron chi connectivity index (χ4n) is 3.16. The van der Waals surface area contributed by atoms with Gasteiger partial charge in [-0.25, -0.2) is 0 Å². The van der Waals surface area contributed by atoms with Crippen molar-refractivity contribution in [1.82, 2.24) is 4.90 Å². The van der Waals surface area contributed by atoms with Crippen molar-refractivity contribution in [2.45, 2.75) is 43.9 Å². The Kier molecular flexibility index (Phi) is 7.93. The van der Waals surface area contributed by atoms with Crippen molar-refractivity contribution in [2.75, 3.05) is 24.7 Å². The average Bonchev–Trinajstić information content (AvgIpc) is 3.55. The summed E-state index contributed by atoms with van der Waals surface area (Å²) < 4.78 is 35.2. The van der Waals surface area contributed by atoms with Crippen molar-refractivity contribution in [3.05, 3.63) is 48.0 Å². The van der Waals surface area contributed by atoms with Crippen molar-refractivity contribution < 1.29 is 23.0 Å². The number of ether oxygens (including phenoxy) is 2. The molecule has 0 aromatic heterocycles. The molecule has 5 nitrogen and oxygen atoms in total. The van der Waals surface area contributed by atoms with Gasteiger partial charge in [0.05, 0.1) is 13.2 Å². The van der Waals surface area contributed by atoms with Crippen LogP contribution in [0.5, 0.6) is 11.5 Å². The second-order valence-electron chi connectivity index (χ2n) is 7.01. The number of hydrogen-bond acceptors (Lipinski definition) is 5. The van der Waals surface area contributed by atoms with Gasteiger partial charge in [-0.2, -0.15) is 8.78 Å². The van der Waals surface area contributed by atoms with E-state index in [-0.39, 0.29) is 24.0 Å². The molecule has 3 rings (SSSR count). The molecule has 1 saturated carbocycles. The van der Waals surface area contributed by atoms with Gasteiger partial charge in [-0.3, -0.25) is 9.69 Å². The SMILES string of the molecule is CCOc1cc(CN(CC(=O)Nc2ccc(SC)cc2)C2CC2)ccc1OC(F)F. The summed E-state index contributed by atoms with van der Waals surface area (Å²) in [7, 11) is 0. The van der Waals surface area contributed by atoms with Crippen LogP contribution in [-0.2, 0) is 11.3 Å². The molecule has 0 unspecified atom stereocenters. The minimum absolute atomic E-state index is 0.0139. The molecule has 2 aromatic carbocycles. The number of amides is 1. The van der Waals surface area contributed by atoms with Crippen LogP contribution in [0.4, 0.5) is 14.5 Å². The van der Waals surface area contributed by atoms with E-state index in [1.807, 2.05) is 30.5 Å². The third kappa shape index (κ3) is 6.60. The maximum atomic E-state index is 12.6. The van der Waals surface area contributed by atoms with Gasteiger partial charge < -0.3 is 14.8 Å². The van der Waals surface area contributed by atoms with Gasteiger partial charge in [0.25, 0.3) is 0 Å². The molecule has 0 aliphatic heterocycles. The summed E-state index contributed by atoms with van der Waals surface area (Å²) in [6, 6.07) is 13.0. The number of carbonyl (C=O) groups is 1. The standard InChI is InChI=1S/C22H26F2N2O3S/c1-3-28-20-12-15(4-11-19(20)29-22(23)24)13-26(17-7-8-17)14-21(27)25-16-5-9-18(30-2)10-6-16/h4-6,9-12,17,22H,3,7-8,13-14H2,1-2H3,(H,25,27). The van der Waals surface area contributed by atoms with E-state index < -0.39 is 6.61 Å². The Morgan fingerprint density at radius 3 is 2.53 bits per heavy atom. The second-order valence-corrected chi connectivity index (χ2v) is 7.89. The minimum Gasteiger partial charge on any atom is -0.490 e. The zero-order chi connectivity index (χ0) is 21.5. The summed E-state index contributed by atoms with van der Waals surface area (Å²) >= 11 is 1.65. The Hall–Kier alpha value is -2.32. The lowest BCUT2D eigenvalue weighted by Crippen LogP contribution is -2.34. The number of benzene rings is 2. The van der Waals surface area contributed by atoms with Crippen LogP contribution in [-0.4, -0.2) is 42.9 Å². The Morgan fingerprint density at radius 1 is 1.20 bits per heavy atom. The lowest BCUT2D eigenvalue weighted by molar-refractivity contribution is -0.117. The molecule has 0 atom stereocenters. The molecule has 1 amide bonds. The number of hydrogen-bond donors (Lipinski definition) is 1. The third-order valence-corrected chi connectivity index (χ3v) is 5.44. The number of halogens is 2. The summed E-state index contributed by atoms with van der Waals surface area (Å²) in [6.07, 6.45) is 4.09. The minimum atomic E-state index is -2.91. The van der Waals surface area contributed by atoms with Crippen molar-refractivity contribution in [3.63, 3.8) is 0 Å². The Labute approximate surface area is 179 Å². The fourth-order valence-corrected chi connectivity index (χ4v) is 3.57. The Bertz CT molecular complexity index is 845. The second kappa shape index (κ2) is 10.6. The van der Waals surface area contributed by atoms with E-state index in [1.165, 1.54) is 6.07 Å². The maximum Gasteiger partial charge on any atom is 0.387 e. The monoisotopic (exact) mass is 436 g/mol. The first-order valence-corrected chi connectivity index (χ1v) is 11.1. The predicted molar refractivity (Wildman–Crippen MR) is 115 cm³/mol. The first-order valence-electron chi connectivity index (χ1n) is 9.87. The summed E-state index contributed by atoms with van der Waals surface area (Å²) in [6.45, 7) is -0.00247. The number of carbonyl (C=O) groups excluding carboxylic acids is 1. The van der Waals surface area contributed by atoms with E-state index in [1.54, 1.807) is 30.8 Å². The van der Waals surface area contributed by atoms with Gasteiger partial charge in [0.1, 0.15) is 0 Å². The molecular formula is C22H26F2N2O3S. The molecule has 0 bridgehead atoms. The summed E-state index contributed by atoms with van der Waals surface area (Å²) in [4.78, 5) is 15.8. The van der Waals surface area contributed by atoms with Gasteiger partial charge in [-0.05, 0) is 68.0 Å². The fraction of sp³-hybridized carbons (Fsp3) is 0.409. The van der Waals surface area contributed by atoms with E-state index >= 15 is 0 Å². The van der Waals surface area contributed by atoms with Crippen molar-refractivity contribution >= 4 is 23.4 Å². The number of alkyl halides is 2. The zero-order valence-corrected chi connectivity index (χ0v) is 17.9. The topological polar surface area (TPSA) is 50.8 Å². The summed E-state index contributed by atoms with van der Waals surface area (Å²) in [5, 5.41) is 2.94. The van der Waals surface area contributed by atoms with Crippen LogP contribution in [0.2, 0.25) is 0 Å². The lowest BCUT2D eigenvalue weighted by Gasteiger charge is -2.22. The quantitative estimate of drug-likeness (QED) is 0.502. The van der Waals surface area contributed by atoms with Gasteiger partial charge in [-0.15, -0.1) is 11.8 Å². The average molecular weight is 437 g/mol. The van der Waals surface area contributed by atoms with E-state index in [9.17, 15) is 13.6 Å². The molecule has 1 aliphatic carbocycles. The van der Waals surface area contributed by atoms with E-state index in [4.69, 9.17) is 4.74 Å². The van der Waals surface area contributed by atoms with Crippen molar-refractivity contribution in [2.24, 2.45) is 0 Å². The third-order valence-electron chi connectivity index (χ3n) is 4.69. The molecule has 0 spiro atoms. The normalized spacial score (nSPS) is 13.5. The molecule has 2 aromatic rings. The molecule has 0 radical (unpaired) electrons.